The molecule has 10 nitrogen and oxygen atoms in total. The number of nitrogens with one attached hydrogen (secondary N) is 2. The maximum Gasteiger partial charge on any atom is 0.410 e. The van der Waals surface area contributed by atoms with Crippen LogP contribution < -0.4 is 10.6 Å². The molecule has 2 amide bonds. The van der Waals surface area contributed by atoms with Crippen molar-refractivity contribution in [2.24, 2.45) is 5.92 Å². The number of nitrogens with zero attached hydrogens (tertiary/aromatic N) is 2. The zero-order valence-electron chi connectivity index (χ0n) is 22.3. The summed E-state index contributed by atoms with van der Waals surface area (Å²) in [5.41, 5.74) is -1.94. The van der Waals surface area contributed by atoms with Crippen LogP contribution in [-0.4, -0.2) is 97.1 Å². The van der Waals surface area contributed by atoms with Crippen molar-refractivity contribution in [2.45, 2.75) is 64.6 Å². The van der Waals surface area contributed by atoms with E-state index in [9.17, 15) is 19.2 Å². The van der Waals surface area contributed by atoms with Gasteiger partial charge in [0.05, 0.1) is 17.6 Å². The average Bonchev–Trinajstić information content (AvgIpc) is 3.21. The molecular formula is C24H44N4O6S2. The second-order valence-electron chi connectivity index (χ2n) is 9.98. The molecule has 2 atom stereocenters. The highest BCUT2D eigenvalue weighted by atomic mass is 32.1. The summed E-state index contributed by atoms with van der Waals surface area (Å²) in [7, 11) is 1.62. The summed E-state index contributed by atoms with van der Waals surface area (Å²) in [5, 5.41) is 6.55. The Kier molecular flexibility index (Phi) is 14.1. The van der Waals surface area contributed by atoms with Gasteiger partial charge in [-0.2, -0.15) is 27.0 Å². The number of carbonyl (C=O) groups excluding carboxylic acids is 4. The molecule has 2 aliphatic heterocycles. The highest BCUT2D eigenvalue weighted by Gasteiger charge is 2.47. The molecule has 12 heteroatoms. The van der Waals surface area contributed by atoms with Crippen LogP contribution in [0.5, 0.6) is 0 Å². The van der Waals surface area contributed by atoms with Gasteiger partial charge in [-0.3, -0.25) is 14.9 Å². The molecule has 2 aliphatic rings. The second-order valence-corrected chi connectivity index (χ2v) is 9.98. The summed E-state index contributed by atoms with van der Waals surface area (Å²) >= 11 is 0. The predicted octanol–water partition coefficient (Wildman–Crippen LogP) is 1.96. The summed E-state index contributed by atoms with van der Waals surface area (Å²) in [6.45, 7) is 10.2. The van der Waals surface area contributed by atoms with E-state index >= 15 is 0 Å². The number of ketones is 2. The lowest BCUT2D eigenvalue weighted by Gasteiger charge is -2.36. The molecular weight excluding hydrogens is 504 g/mol. The molecule has 0 aromatic rings. The molecule has 2 heterocycles. The standard InChI is InChI=1S/C24H40N4O6.2H2S/c1-17(2)20(30)24-10-12-28(16-24)22(32)34-14-8-7-13-33-21(31)27(6)11-9-23(5,26-18(3)4)19(29)15-25-24;;/h7-8,17-18,25-26H,9-16H2,1-6H3;2*1H2/t23-,24-;;/m0../s1. The van der Waals surface area contributed by atoms with Crippen molar-refractivity contribution < 1.29 is 28.7 Å². The van der Waals surface area contributed by atoms with Crippen molar-refractivity contribution in [3.05, 3.63) is 12.2 Å². The summed E-state index contributed by atoms with van der Waals surface area (Å²) < 4.78 is 10.5. The Bertz CT molecular complexity index is 809. The molecule has 2 bridgehead atoms. The van der Waals surface area contributed by atoms with Crippen LogP contribution in [0, 0.1) is 5.92 Å². The minimum Gasteiger partial charge on any atom is -0.445 e. The molecule has 0 aromatic carbocycles. The smallest absolute Gasteiger partial charge is 0.410 e. The highest BCUT2D eigenvalue weighted by Crippen LogP contribution is 2.27. The largest absolute Gasteiger partial charge is 0.445 e. The lowest BCUT2D eigenvalue weighted by molar-refractivity contribution is -0.129. The first-order valence-corrected chi connectivity index (χ1v) is 11.9. The Morgan fingerprint density at radius 2 is 1.58 bits per heavy atom. The molecule has 1 fully saturated rings. The van der Waals surface area contributed by atoms with E-state index in [0.717, 1.165) is 0 Å². The zero-order chi connectivity index (χ0) is 25.5. The second kappa shape index (κ2) is 14.8. The minimum absolute atomic E-state index is 0. The highest BCUT2D eigenvalue weighted by molar-refractivity contribution is 7.59. The SMILES string of the molecule is CC(C)N[C@@]1(C)CCN(C)C(=O)OCC=CCOC(=O)N2CC[C@@](C(=O)C(C)C)(C2)NCC1=O.S.S. The fourth-order valence-corrected chi connectivity index (χ4v) is 4.38. The summed E-state index contributed by atoms with van der Waals surface area (Å²) in [6, 6.07) is 0.0252. The van der Waals surface area contributed by atoms with E-state index in [0.29, 0.717) is 25.9 Å². The topological polar surface area (TPSA) is 117 Å². The monoisotopic (exact) mass is 548 g/mol. The van der Waals surface area contributed by atoms with E-state index in [2.05, 4.69) is 10.6 Å². The summed E-state index contributed by atoms with van der Waals surface area (Å²) in [6.07, 6.45) is 2.95. The van der Waals surface area contributed by atoms with E-state index in [1.165, 1.54) is 9.80 Å². The van der Waals surface area contributed by atoms with Gasteiger partial charge in [0.15, 0.2) is 11.6 Å². The fourth-order valence-electron chi connectivity index (χ4n) is 4.38. The van der Waals surface area contributed by atoms with Crippen molar-refractivity contribution in [3.8, 4) is 0 Å². The van der Waals surface area contributed by atoms with Crippen molar-refractivity contribution in [1.29, 1.82) is 0 Å². The van der Waals surface area contributed by atoms with Crippen LogP contribution in [0.2, 0.25) is 0 Å². The molecule has 208 valence electrons. The van der Waals surface area contributed by atoms with E-state index in [1.807, 2.05) is 34.6 Å². The molecule has 0 spiro atoms. The molecule has 0 unspecified atom stereocenters. The molecule has 2 rings (SSSR count). The third kappa shape index (κ3) is 8.97. The van der Waals surface area contributed by atoms with E-state index < -0.39 is 23.3 Å². The minimum atomic E-state index is -1.01. The number of ether oxygens (including phenoxy) is 2. The van der Waals surface area contributed by atoms with Gasteiger partial charge in [-0.05, 0) is 45.8 Å². The van der Waals surface area contributed by atoms with Crippen LogP contribution in [0.25, 0.3) is 0 Å². The summed E-state index contributed by atoms with van der Waals surface area (Å²) in [4.78, 5) is 54.4. The maximum absolute atomic E-state index is 13.4. The summed E-state index contributed by atoms with van der Waals surface area (Å²) in [5.74, 6) is -0.422. The van der Waals surface area contributed by atoms with Crippen LogP contribution in [0.3, 0.4) is 0 Å². The fraction of sp³-hybridized carbons (Fsp3) is 0.750. The van der Waals surface area contributed by atoms with Gasteiger partial charge in [-0.15, -0.1) is 0 Å². The van der Waals surface area contributed by atoms with Gasteiger partial charge in [0.1, 0.15) is 13.2 Å². The van der Waals surface area contributed by atoms with Gasteiger partial charge in [-0.1, -0.05) is 13.8 Å². The van der Waals surface area contributed by atoms with Gasteiger partial charge in [0.2, 0.25) is 0 Å². The van der Waals surface area contributed by atoms with Crippen LogP contribution in [0.4, 0.5) is 9.59 Å². The van der Waals surface area contributed by atoms with Crippen molar-refractivity contribution in [3.63, 3.8) is 0 Å². The molecule has 2 N–H and O–H groups in total. The lowest BCUT2D eigenvalue weighted by atomic mass is 9.85. The number of rotatable bonds is 4. The number of Topliss-reactive ketones (excluding diaryl/α,β-unsaturated/α-hetero) is 2. The first-order chi connectivity index (χ1) is 15.9. The van der Waals surface area contributed by atoms with Crippen LogP contribution >= 0.6 is 27.0 Å². The Morgan fingerprint density at radius 3 is 2.14 bits per heavy atom. The van der Waals surface area contributed by atoms with Crippen molar-refractivity contribution >= 4 is 50.7 Å². The Labute approximate surface area is 228 Å². The van der Waals surface area contributed by atoms with E-state index in [-0.39, 0.29) is 76.8 Å². The Hall–Kier alpha value is -1.76. The Balaban J connectivity index is 0.00000612. The van der Waals surface area contributed by atoms with Crippen LogP contribution in [-0.2, 0) is 19.1 Å². The van der Waals surface area contributed by atoms with Crippen LogP contribution in [0.15, 0.2) is 12.2 Å². The lowest BCUT2D eigenvalue weighted by Crippen LogP contribution is -2.61. The first kappa shape index (κ1) is 34.2. The first-order valence-electron chi connectivity index (χ1n) is 11.9. The molecule has 0 aromatic heterocycles. The average molecular weight is 549 g/mol. The third-order valence-electron chi connectivity index (χ3n) is 6.37. The van der Waals surface area contributed by atoms with Gasteiger partial charge in [0.25, 0.3) is 0 Å². The number of carbonyl (C=O) groups is 4. The molecule has 36 heavy (non-hydrogen) atoms. The Morgan fingerprint density at radius 1 is 1.00 bits per heavy atom. The third-order valence-corrected chi connectivity index (χ3v) is 6.37. The predicted molar refractivity (Wildman–Crippen MR) is 148 cm³/mol. The molecule has 0 radical (unpaired) electrons. The number of hydrogen-bond donors (Lipinski definition) is 2. The van der Waals surface area contributed by atoms with Crippen molar-refractivity contribution in [2.75, 3.05) is 46.4 Å². The molecule has 1 saturated heterocycles. The number of fused-ring (bicyclic) bond motifs is 2. The maximum atomic E-state index is 13.4. The van der Waals surface area contributed by atoms with Gasteiger partial charge in [0, 0.05) is 38.6 Å². The van der Waals surface area contributed by atoms with E-state index in [4.69, 9.17) is 9.47 Å². The van der Waals surface area contributed by atoms with Gasteiger partial charge < -0.3 is 24.6 Å². The molecule has 0 saturated carbocycles. The van der Waals surface area contributed by atoms with Crippen LogP contribution in [0.1, 0.15) is 47.5 Å². The van der Waals surface area contributed by atoms with E-state index in [1.54, 1.807) is 19.2 Å². The zero-order valence-corrected chi connectivity index (χ0v) is 24.3. The van der Waals surface area contributed by atoms with Crippen molar-refractivity contribution in [1.82, 2.24) is 20.4 Å². The van der Waals surface area contributed by atoms with Gasteiger partial charge >= 0.3 is 12.2 Å². The molecule has 0 aliphatic carbocycles. The normalized spacial score (nSPS) is 26.5. The van der Waals surface area contributed by atoms with Gasteiger partial charge in [-0.25, -0.2) is 9.59 Å². The number of amides is 2. The number of cyclic esters (lactones) is 2. The quantitative estimate of drug-likeness (QED) is 0.512. The number of hydrogen-bond acceptors (Lipinski definition) is 8.